The van der Waals surface area contributed by atoms with E-state index in [4.69, 9.17) is 10.5 Å². The Morgan fingerprint density at radius 3 is 2.53 bits per heavy atom. The Labute approximate surface area is 91.8 Å². The summed E-state index contributed by atoms with van der Waals surface area (Å²) in [5.74, 6) is 0.664. The Hall–Kier alpha value is -0.610. The first-order valence-corrected chi connectivity index (χ1v) is 5.72. The van der Waals surface area contributed by atoms with Gasteiger partial charge in [0, 0.05) is 25.6 Å². The van der Waals surface area contributed by atoms with Gasteiger partial charge in [0.2, 0.25) is 5.91 Å². The molecule has 1 aliphatic rings. The molecule has 0 aliphatic carbocycles. The summed E-state index contributed by atoms with van der Waals surface area (Å²) in [6.45, 7) is 6.98. The van der Waals surface area contributed by atoms with Crippen molar-refractivity contribution in [2.75, 3.05) is 26.3 Å². The second kappa shape index (κ2) is 6.08. The van der Waals surface area contributed by atoms with Gasteiger partial charge in [0.25, 0.3) is 0 Å². The molecule has 0 radical (unpaired) electrons. The number of carbonyl (C=O) groups is 1. The monoisotopic (exact) mass is 214 g/mol. The highest BCUT2D eigenvalue weighted by Crippen LogP contribution is 2.08. The SMILES string of the molecule is CC(C)[C@@H](N)CCC(=O)N1CCOCC1. The van der Waals surface area contributed by atoms with Crippen molar-refractivity contribution >= 4 is 5.91 Å². The minimum atomic E-state index is 0.134. The number of amides is 1. The molecule has 1 atom stereocenters. The highest BCUT2D eigenvalue weighted by atomic mass is 16.5. The van der Waals surface area contributed by atoms with Gasteiger partial charge in [0.15, 0.2) is 0 Å². The highest BCUT2D eigenvalue weighted by molar-refractivity contribution is 5.76. The first-order valence-electron chi connectivity index (χ1n) is 5.72. The molecule has 1 rings (SSSR count). The van der Waals surface area contributed by atoms with E-state index < -0.39 is 0 Å². The van der Waals surface area contributed by atoms with Gasteiger partial charge in [0.05, 0.1) is 13.2 Å². The highest BCUT2D eigenvalue weighted by Gasteiger charge is 2.18. The molecule has 0 spiro atoms. The number of rotatable bonds is 4. The first kappa shape index (κ1) is 12.5. The number of hydrogen-bond donors (Lipinski definition) is 1. The predicted octanol–water partition coefficient (Wildman–Crippen LogP) is 0.609. The lowest BCUT2D eigenvalue weighted by Gasteiger charge is -2.27. The quantitative estimate of drug-likeness (QED) is 0.746. The van der Waals surface area contributed by atoms with Crippen LogP contribution in [0.2, 0.25) is 0 Å². The summed E-state index contributed by atoms with van der Waals surface area (Å²) in [5.41, 5.74) is 5.90. The minimum Gasteiger partial charge on any atom is -0.378 e. The molecular formula is C11H22N2O2. The summed E-state index contributed by atoms with van der Waals surface area (Å²) in [6.07, 6.45) is 1.35. The van der Waals surface area contributed by atoms with Gasteiger partial charge in [-0.15, -0.1) is 0 Å². The standard InChI is InChI=1S/C11H22N2O2/c1-9(2)10(12)3-4-11(14)13-5-7-15-8-6-13/h9-10H,3-8,12H2,1-2H3/t10-/m0/s1. The van der Waals surface area contributed by atoms with E-state index in [2.05, 4.69) is 13.8 Å². The molecule has 1 aliphatic heterocycles. The maximum Gasteiger partial charge on any atom is 0.222 e. The molecule has 0 unspecified atom stereocenters. The molecule has 0 aromatic heterocycles. The number of nitrogens with two attached hydrogens (primary N) is 1. The molecule has 1 amide bonds. The third kappa shape index (κ3) is 4.18. The van der Waals surface area contributed by atoms with Crippen LogP contribution in [0.4, 0.5) is 0 Å². The summed E-state index contributed by atoms with van der Waals surface area (Å²) in [6, 6.07) is 0.134. The van der Waals surface area contributed by atoms with Crippen LogP contribution in [0, 0.1) is 5.92 Å². The van der Waals surface area contributed by atoms with Gasteiger partial charge in [-0.3, -0.25) is 4.79 Å². The molecule has 88 valence electrons. The Kier molecular flexibility index (Phi) is 5.05. The fraction of sp³-hybridized carbons (Fsp3) is 0.909. The summed E-state index contributed by atoms with van der Waals surface area (Å²) >= 11 is 0. The van der Waals surface area contributed by atoms with Crippen molar-refractivity contribution in [1.29, 1.82) is 0 Å². The topological polar surface area (TPSA) is 55.6 Å². The number of hydrogen-bond acceptors (Lipinski definition) is 3. The average molecular weight is 214 g/mol. The Balaban J connectivity index is 2.22. The molecule has 0 aromatic carbocycles. The van der Waals surface area contributed by atoms with Crippen molar-refractivity contribution in [1.82, 2.24) is 4.90 Å². The molecule has 4 heteroatoms. The van der Waals surface area contributed by atoms with Crippen LogP contribution in [-0.4, -0.2) is 43.2 Å². The zero-order valence-corrected chi connectivity index (χ0v) is 9.74. The number of nitrogens with zero attached hydrogens (tertiary/aromatic N) is 1. The van der Waals surface area contributed by atoms with Crippen molar-refractivity contribution in [2.45, 2.75) is 32.7 Å². The van der Waals surface area contributed by atoms with Gasteiger partial charge < -0.3 is 15.4 Å². The Morgan fingerprint density at radius 1 is 1.40 bits per heavy atom. The van der Waals surface area contributed by atoms with Gasteiger partial charge in [-0.2, -0.15) is 0 Å². The number of ether oxygens (including phenoxy) is 1. The lowest BCUT2D eigenvalue weighted by molar-refractivity contribution is -0.135. The lowest BCUT2D eigenvalue weighted by atomic mass is 10.00. The van der Waals surface area contributed by atoms with Crippen LogP contribution in [0.25, 0.3) is 0 Å². The van der Waals surface area contributed by atoms with Gasteiger partial charge in [0.1, 0.15) is 0 Å². The van der Waals surface area contributed by atoms with E-state index in [0.29, 0.717) is 25.6 Å². The van der Waals surface area contributed by atoms with Crippen LogP contribution in [0.1, 0.15) is 26.7 Å². The largest absolute Gasteiger partial charge is 0.378 e. The molecule has 4 nitrogen and oxygen atoms in total. The molecule has 1 fully saturated rings. The van der Waals surface area contributed by atoms with Crippen molar-refractivity contribution in [3.63, 3.8) is 0 Å². The average Bonchev–Trinajstić information content (AvgIpc) is 2.26. The van der Waals surface area contributed by atoms with E-state index in [1.807, 2.05) is 4.90 Å². The normalized spacial score (nSPS) is 19.3. The minimum absolute atomic E-state index is 0.134. The van der Waals surface area contributed by atoms with Crippen molar-refractivity contribution in [3.8, 4) is 0 Å². The molecule has 15 heavy (non-hydrogen) atoms. The van der Waals surface area contributed by atoms with Crippen LogP contribution in [0.5, 0.6) is 0 Å². The second-order valence-corrected chi connectivity index (χ2v) is 4.44. The third-order valence-corrected chi connectivity index (χ3v) is 2.91. The second-order valence-electron chi connectivity index (χ2n) is 4.44. The fourth-order valence-corrected chi connectivity index (χ4v) is 1.59. The summed E-state index contributed by atoms with van der Waals surface area (Å²) in [7, 11) is 0. The maximum absolute atomic E-state index is 11.7. The van der Waals surface area contributed by atoms with Crippen molar-refractivity contribution in [3.05, 3.63) is 0 Å². The Morgan fingerprint density at radius 2 is 2.00 bits per heavy atom. The van der Waals surface area contributed by atoms with Crippen LogP contribution in [0.3, 0.4) is 0 Å². The van der Waals surface area contributed by atoms with E-state index in [1.165, 1.54) is 0 Å². The maximum atomic E-state index is 11.7. The molecule has 0 aromatic rings. The predicted molar refractivity (Wildman–Crippen MR) is 59.4 cm³/mol. The smallest absolute Gasteiger partial charge is 0.222 e. The zero-order chi connectivity index (χ0) is 11.3. The lowest BCUT2D eigenvalue weighted by Crippen LogP contribution is -2.41. The fourth-order valence-electron chi connectivity index (χ4n) is 1.59. The molecular weight excluding hydrogens is 192 g/mol. The van der Waals surface area contributed by atoms with E-state index >= 15 is 0 Å². The number of morpholine rings is 1. The van der Waals surface area contributed by atoms with Crippen LogP contribution in [-0.2, 0) is 9.53 Å². The van der Waals surface area contributed by atoms with Crippen LogP contribution >= 0.6 is 0 Å². The van der Waals surface area contributed by atoms with Crippen molar-refractivity contribution in [2.24, 2.45) is 11.7 Å². The van der Waals surface area contributed by atoms with E-state index in [-0.39, 0.29) is 11.9 Å². The van der Waals surface area contributed by atoms with Gasteiger partial charge in [-0.25, -0.2) is 0 Å². The van der Waals surface area contributed by atoms with E-state index in [9.17, 15) is 4.79 Å². The Bertz CT molecular complexity index is 201. The third-order valence-electron chi connectivity index (χ3n) is 2.91. The molecule has 2 N–H and O–H groups in total. The summed E-state index contributed by atoms with van der Waals surface area (Å²) in [4.78, 5) is 13.6. The molecule has 1 heterocycles. The molecule has 1 saturated heterocycles. The van der Waals surface area contributed by atoms with Crippen LogP contribution in [0.15, 0.2) is 0 Å². The van der Waals surface area contributed by atoms with Crippen molar-refractivity contribution < 1.29 is 9.53 Å². The molecule has 0 bridgehead atoms. The van der Waals surface area contributed by atoms with E-state index in [1.54, 1.807) is 0 Å². The van der Waals surface area contributed by atoms with E-state index in [0.717, 1.165) is 19.5 Å². The van der Waals surface area contributed by atoms with Gasteiger partial charge >= 0.3 is 0 Å². The van der Waals surface area contributed by atoms with Crippen LogP contribution < -0.4 is 5.73 Å². The van der Waals surface area contributed by atoms with Gasteiger partial charge in [-0.05, 0) is 12.3 Å². The first-order chi connectivity index (χ1) is 7.11. The number of carbonyl (C=O) groups excluding carboxylic acids is 1. The summed E-state index contributed by atoms with van der Waals surface area (Å²) in [5, 5.41) is 0. The summed E-state index contributed by atoms with van der Waals surface area (Å²) < 4.78 is 5.20. The molecule has 0 saturated carbocycles. The van der Waals surface area contributed by atoms with Gasteiger partial charge in [-0.1, -0.05) is 13.8 Å². The zero-order valence-electron chi connectivity index (χ0n) is 9.74.